The van der Waals surface area contributed by atoms with Crippen molar-refractivity contribution in [3.8, 4) is 5.75 Å². The minimum atomic E-state index is -0.0230. The van der Waals surface area contributed by atoms with Crippen LogP contribution in [0.15, 0.2) is 24.3 Å². The number of benzene rings is 1. The molecule has 0 bridgehead atoms. The Balaban J connectivity index is 1.86. The van der Waals surface area contributed by atoms with Crippen molar-refractivity contribution < 1.29 is 9.53 Å². The van der Waals surface area contributed by atoms with Gasteiger partial charge < -0.3 is 15.0 Å². The van der Waals surface area contributed by atoms with Gasteiger partial charge in [-0.25, -0.2) is 0 Å². The fourth-order valence-corrected chi connectivity index (χ4v) is 2.75. The van der Waals surface area contributed by atoms with E-state index in [2.05, 4.69) is 10.3 Å². The van der Waals surface area contributed by atoms with Crippen LogP contribution in [0.1, 0.15) is 36.2 Å². The number of rotatable bonds is 3. The summed E-state index contributed by atoms with van der Waals surface area (Å²) in [5.74, 6) is 0.738. The molecule has 1 aliphatic rings. The third-order valence-electron chi connectivity index (χ3n) is 3.77. The summed E-state index contributed by atoms with van der Waals surface area (Å²) in [5, 5.41) is 4.08. The number of carbonyl (C=O) groups excluding carboxylic acids is 1. The van der Waals surface area contributed by atoms with E-state index in [1.54, 1.807) is 7.11 Å². The smallest absolute Gasteiger partial charge is 0.267 e. The van der Waals surface area contributed by atoms with E-state index in [1.807, 2.05) is 24.3 Å². The first-order chi connectivity index (χ1) is 9.28. The van der Waals surface area contributed by atoms with Crippen LogP contribution in [0.4, 0.5) is 0 Å². The van der Waals surface area contributed by atoms with Crippen LogP contribution in [0.3, 0.4) is 0 Å². The van der Waals surface area contributed by atoms with Gasteiger partial charge in [-0.05, 0) is 25.0 Å². The van der Waals surface area contributed by atoms with Crippen LogP contribution in [0.25, 0.3) is 10.9 Å². The van der Waals surface area contributed by atoms with Crippen LogP contribution >= 0.6 is 0 Å². The van der Waals surface area contributed by atoms with Crippen LogP contribution in [0.2, 0.25) is 0 Å². The Morgan fingerprint density at radius 3 is 2.89 bits per heavy atom. The van der Waals surface area contributed by atoms with E-state index in [1.165, 1.54) is 12.8 Å². The van der Waals surface area contributed by atoms with Gasteiger partial charge >= 0.3 is 0 Å². The topological polar surface area (TPSA) is 54.1 Å². The van der Waals surface area contributed by atoms with Crippen molar-refractivity contribution >= 4 is 16.8 Å². The summed E-state index contributed by atoms with van der Waals surface area (Å²) < 4.78 is 5.29. The van der Waals surface area contributed by atoms with Crippen molar-refractivity contribution in [1.82, 2.24) is 10.3 Å². The average Bonchev–Trinajstić information content (AvgIpc) is 3.06. The Labute approximate surface area is 112 Å². The monoisotopic (exact) mass is 258 g/mol. The molecule has 1 heterocycles. The molecule has 3 rings (SSSR count). The van der Waals surface area contributed by atoms with Gasteiger partial charge in [0.2, 0.25) is 0 Å². The Hall–Kier alpha value is -1.97. The Bertz CT molecular complexity index is 597. The Morgan fingerprint density at radius 2 is 2.16 bits per heavy atom. The van der Waals surface area contributed by atoms with Crippen molar-refractivity contribution in [2.24, 2.45) is 0 Å². The van der Waals surface area contributed by atoms with Gasteiger partial charge in [-0.2, -0.15) is 0 Å². The molecule has 0 atom stereocenters. The van der Waals surface area contributed by atoms with E-state index in [0.29, 0.717) is 11.7 Å². The van der Waals surface area contributed by atoms with Gasteiger partial charge in [0, 0.05) is 11.4 Å². The number of para-hydroxylation sites is 1. The highest BCUT2D eigenvalue weighted by atomic mass is 16.5. The maximum atomic E-state index is 12.2. The SMILES string of the molecule is COc1cccc2cc(C(=O)NC3CCCC3)[nH]c12. The molecular weight excluding hydrogens is 240 g/mol. The lowest BCUT2D eigenvalue weighted by Gasteiger charge is -2.10. The number of ether oxygens (including phenoxy) is 1. The number of carbonyl (C=O) groups is 1. The first kappa shape index (κ1) is 12.1. The second-order valence-electron chi connectivity index (χ2n) is 5.06. The molecule has 2 N–H and O–H groups in total. The zero-order chi connectivity index (χ0) is 13.2. The molecule has 1 aliphatic carbocycles. The first-order valence-electron chi connectivity index (χ1n) is 6.74. The number of hydrogen-bond acceptors (Lipinski definition) is 2. The van der Waals surface area contributed by atoms with Gasteiger partial charge in [-0.1, -0.05) is 25.0 Å². The molecule has 1 aromatic carbocycles. The normalized spacial score (nSPS) is 15.8. The summed E-state index contributed by atoms with van der Waals surface area (Å²) in [6.07, 6.45) is 4.61. The minimum Gasteiger partial charge on any atom is -0.495 e. The van der Waals surface area contributed by atoms with Crippen LogP contribution in [-0.4, -0.2) is 24.0 Å². The molecule has 4 nitrogen and oxygen atoms in total. The molecule has 100 valence electrons. The average molecular weight is 258 g/mol. The lowest BCUT2D eigenvalue weighted by Crippen LogP contribution is -2.32. The second-order valence-corrected chi connectivity index (χ2v) is 5.06. The summed E-state index contributed by atoms with van der Waals surface area (Å²) in [7, 11) is 1.63. The van der Waals surface area contributed by atoms with Crippen LogP contribution in [0, 0.1) is 0 Å². The highest BCUT2D eigenvalue weighted by molar-refractivity contribution is 5.99. The molecular formula is C15H18N2O2. The summed E-state index contributed by atoms with van der Waals surface area (Å²) in [4.78, 5) is 15.3. The van der Waals surface area contributed by atoms with E-state index >= 15 is 0 Å². The van der Waals surface area contributed by atoms with E-state index < -0.39 is 0 Å². The minimum absolute atomic E-state index is 0.0230. The Morgan fingerprint density at radius 1 is 1.37 bits per heavy atom. The van der Waals surface area contributed by atoms with Crippen molar-refractivity contribution in [2.75, 3.05) is 7.11 Å². The van der Waals surface area contributed by atoms with Crippen molar-refractivity contribution in [2.45, 2.75) is 31.7 Å². The molecule has 2 aromatic rings. The van der Waals surface area contributed by atoms with Crippen molar-refractivity contribution in [3.05, 3.63) is 30.0 Å². The lowest BCUT2D eigenvalue weighted by atomic mass is 10.2. The largest absolute Gasteiger partial charge is 0.495 e. The summed E-state index contributed by atoms with van der Waals surface area (Å²) >= 11 is 0. The number of amides is 1. The first-order valence-corrected chi connectivity index (χ1v) is 6.74. The molecule has 1 aromatic heterocycles. The van der Waals surface area contributed by atoms with Crippen LogP contribution < -0.4 is 10.1 Å². The molecule has 0 spiro atoms. The van der Waals surface area contributed by atoms with Crippen molar-refractivity contribution in [1.29, 1.82) is 0 Å². The molecule has 0 saturated heterocycles. The van der Waals surface area contributed by atoms with E-state index in [4.69, 9.17) is 4.74 Å². The van der Waals surface area contributed by atoms with Gasteiger partial charge in [-0.3, -0.25) is 4.79 Å². The molecule has 0 unspecified atom stereocenters. The van der Waals surface area contributed by atoms with Crippen LogP contribution in [-0.2, 0) is 0 Å². The Kier molecular flexibility index (Phi) is 3.15. The van der Waals surface area contributed by atoms with E-state index in [-0.39, 0.29) is 5.91 Å². The number of nitrogens with one attached hydrogen (secondary N) is 2. The molecule has 19 heavy (non-hydrogen) atoms. The number of methoxy groups -OCH3 is 1. The highest BCUT2D eigenvalue weighted by Gasteiger charge is 2.19. The van der Waals surface area contributed by atoms with Gasteiger partial charge in [-0.15, -0.1) is 0 Å². The molecule has 1 fully saturated rings. The quantitative estimate of drug-likeness (QED) is 0.889. The molecule has 1 amide bonds. The highest BCUT2D eigenvalue weighted by Crippen LogP contribution is 2.25. The molecule has 0 aliphatic heterocycles. The third-order valence-corrected chi connectivity index (χ3v) is 3.77. The summed E-state index contributed by atoms with van der Waals surface area (Å²) in [6.45, 7) is 0. The maximum absolute atomic E-state index is 12.2. The zero-order valence-corrected chi connectivity index (χ0v) is 11.0. The predicted molar refractivity (Wildman–Crippen MR) is 74.6 cm³/mol. The van der Waals surface area contributed by atoms with Gasteiger partial charge in [0.1, 0.15) is 11.4 Å². The summed E-state index contributed by atoms with van der Waals surface area (Å²) in [5.41, 5.74) is 1.48. The maximum Gasteiger partial charge on any atom is 0.267 e. The lowest BCUT2D eigenvalue weighted by molar-refractivity contribution is 0.0933. The fourth-order valence-electron chi connectivity index (χ4n) is 2.75. The standard InChI is InChI=1S/C15H18N2O2/c1-19-13-8-4-5-10-9-12(17-14(10)13)15(18)16-11-6-2-3-7-11/h4-5,8-9,11,17H,2-3,6-7H2,1H3,(H,16,18). The van der Waals surface area contributed by atoms with Gasteiger partial charge in [0.15, 0.2) is 0 Å². The molecule has 0 radical (unpaired) electrons. The number of hydrogen-bond donors (Lipinski definition) is 2. The fraction of sp³-hybridized carbons (Fsp3) is 0.400. The second kappa shape index (κ2) is 4.96. The summed E-state index contributed by atoms with van der Waals surface area (Å²) in [6, 6.07) is 7.99. The molecule has 1 saturated carbocycles. The number of fused-ring (bicyclic) bond motifs is 1. The molecule has 4 heteroatoms. The van der Waals surface area contributed by atoms with Gasteiger partial charge in [0.05, 0.1) is 12.6 Å². The van der Waals surface area contributed by atoms with Crippen molar-refractivity contribution in [3.63, 3.8) is 0 Å². The van der Waals surface area contributed by atoms with E-state index in [0.717, 1.165) is 29.5 Å². The zero-order valence-electron chi connectivity index (χ0n) is 11.0. The predicted octanol–water partition coefficient (Wildman–Crippen LogP) is 2.85. The van der Waals surface area contributed by atoms with Gasteiger partial charge in [0.25, 0.3) is 5.91 Å². The third kappa shape index (κ3) is 2.30. The number of H-pyrrole nitrogens is 1. The van der Waals surface area contributed by atoms with E-state index in [9.17, 15) is 4.79 Å². The number of aromatic nitrogens is 1. The number of aromatic amines is 1. The van der Waals surface area contributed by atoms with Crippen LogP contribution in [0.5, 0.6) is 5.75 Å².